The van der Waals surface area contributed by atoms with Crippen LogP contribution in [-0.2, 0) is 16.9 Å². The van der Waals surface area contributed by atoms with Gasteiger partial charge in [-0.2, -0.15) is 0 Å². The van der Waals surface area contributed by atoms with Crippen molar-refractivity contribution in [3.05, 3.63) is 88.4 Å². The molecule has 0 spiro atoms. The van der Waals surface area contributed by atoms with Gasteiger partial charge in [-0.1, -0.05) is 48.0 Å². The molecular formula is C35H46ClN3O5. The molecule has 1 atom stereocenters. The van der Waals surface area contributed by atoms with Gasteiger partial charge in [0.25, 0.3) is 5.91 Å². The number of benzene rings is 3. The van der Waals surface area contributed by atoms with Crippen LogP contribution in [0.4, 0.5) is 4.79 Å². The van der Waals surface area contributed by atoms with E-state index in [0.717, 1.165) is 35.2 Å². The highest BCUT2D eigenvalue weighted by Gasteiger charge is 2.32. The Morgan fingerprint density at radius 2 is 1.66 bits per heavy atom. The van der Waals surface area contributed by atoms with Crippen molar-refractivity contribution in [2.75, 3.05) is 47.9 Å². The van der Waals surface area contributed by atoms with Crippen LogP contribution in [0.1, 0.15) is 60.5 Å². The van der Waals surface area contributed by atoms with Crippen LogP contribution in [0.5, 0.6) is 5.75 Å². The molecule has 3 rings (SSSR count). The number of hydrogen-bond donors (Lipinski definition) is 2. The number of halogens is 1. The van der Waals surface area contributed by atoms with Gasteiger partial charge < -0.3 is 29.7 Å². The summed E-state index contributed by atoms with van der Waals surface area (Å²) < 4.78 is 10.3. The Morgan fingerprint density at radius 1 is 0.955 bits per heavy atom. The van der Waals surface area contributed by atoms with Crippen LogP contribution < -0.4 is 10.1 Å². The molecule has 0 aromatic heterocycles. The summed E-state index contributed by atoms with van der Waals surface area (Å²) in [5.41, 5.74) is 2.88. The monoisotopic (exact) mass is 623 g/mol. The number of amides is 2. The fourth-order valence-electron chi connectivity index (χ4n) is 5.51. The molecule has 2 amide bonds. The number of methoxy groups -OCH3 is 2. The minimum Gasteiger partial charge on any atom is -0.497 e. The molecule has 44 heavy (non-hydrogen) atoms. The van der Waals surface area contributed by atoms with E-state index in [9.17, 15) is 14.7 Å². The zero-order valence-corrected chi connectivity index (χ0v) is 27.3. The van der Waals surface area contributed by atoms with Gasteiger partial charge in [0.2, 0.25) is 0 Å². The number of ether oxygens (including phenoxy) is 2. The molecule has 0 saturated carbocycles. The Hall–Kier alpha value is -3.59. The van der Waals surface area contributed by atoms with Crippen molar-refractivity contribution in [2.24, 2.45) is 0 Å². The predicted octanol–water partition coefficient (Wildman–Crippen LogP) is 6.73. The highest BCUT2D eigenvalue weighted by atomic mass is 35.5. The smallest absolute Gasteiger partial charge is 0.409 e. The summed E-state index contributed by atoms with van der Waals surface area (Å²) in [5.74, 6) is 0.692. The van der Waals surface area contributed by atoms with Crippen molar-refractivity contribution in [3.8, 4) is 16.9 Å². The zero-order chi connectivity index (χ0) is 32.1. The van der Waals surface area contributed by atoms with Gasteiger partial charge in [0.15, 0.2) is 0 Å². The Bertz CT molecular complexity index is 1370. The van der Waals surface area contributed by atoms with Gasteiger partial charge in [-0.05, 0) is 93.1 Å². The van der Waals surface area contributed by atoms with Crippen LogP contribution in [-0.4, -0.2) is 74.9 Å². The van der Waals surface area contributed by atoms with Crippen LogP contribution in [0, 0.1) is 0 Å². The van der Waals surface area contributed by atoms with Crippen molar-refractivity contribution in [3.63, 3.8) is 0 Å². The Balaban J connectivity index is 1.81. The first-order valence-electron chi connectivity index (χ1n) is 15.1. The third-order valence-corrected chi connectivity index (χ3v) is 8.28. The molecule has 3 aromatic carbocycles. The maximum atomic E-state index is 13.2. The Kier molecular flexibility index (Phi) is 13.5. The van der Waals surface area contributed by atoms with E-state index in [4.69, 9.17) is 21.1 Å². The van der Waals surface area contributed by atoms with Crippen LogP contribution in [0.15, 0.2) is 66.7 Å². The van der Waals surface area contributed by atoms with E-state index in [1.54, 1.807) is 14.2 Å². The molecule has 9 heteroatoms. The quantitative estimate of drug-likeness (QED) is 0.172. The first kappa shape index (κ1) is 34.9. The molecule has 0 aliphatic rings. The number of aliphatic hydroxyl groups is 1. The minimum atomic E-state index is -1.23. The van der Waals surface area contributed by atoms with Crippen molar-refractivity contribution < 1.29 is 24.2 Å². The molecule has 0 aliphatic carbocycles. The van der Waals surface area contributed by atoms with E-state index in [-0.39, 0.29) is 5.91 Å². The Morgan fingerprint density at radius 3 is 2.32 bits per heavy atom. The molecule has 0 heterocycles. The van der Waals surface area contributed by atoms with Gasteiger partial charge >= 0.3 is 6.09 Å². The van der Waals surface area contributed by atoms with E-state index < -0.39 is 11.7 Å². The fraction of sp³-hybridized carbons (Fsp3) is 0.429. The second-order valence-corrected chi connectivity index (χ2v) is 11.4. The van der Waals surface area contributed by atoms with Crippen molar-refractivity contribution in [1.82, 2.24) is 15.1 Å². The SMILES string of the molecule is CCN(CCCC[C@@](O)(CCCN(C)C(=O)OC)c1cccc(Cl)c1-c1cccc(OC)c1)C(=O)c1ccc(CNC)cc1. The van der Waals surface area contributed by atoms with Gasteiger partial charge in [0, 0.05) is 49.4 Å². The molecule has 0 aliphatic heterocycles. The van der Waals surface area contributed by atoms with Crippen molar-refractivity contribution >= 4 is 23.6 Å². The number of carbonyl (C=O) groups excluding carboxylic acids is 2. The molecule has 0 radical (unpaired) electrons. The summed E-state index contributed by atoms with van der Waals surface area (Å²) in [5, 5.41) is 16.0. The maximum Gasteiger partial charge on any atom is 0.409 e. The normalized spacial score (nSPS) is 12.3. The highest BCUT2D eigenvalue weighted by Crippen LogP contribution is 2.42. The average molecular weight is 624 g/mol. The van der Waals surface area contributed by atoms with Gasteiger partial charge in [-0.15, -0.1) is 0 Å². The molecule has 2 N–H and O–H groups in total. The summed E-state index contributed by atoms with van der Waals surface area (Å²) in [6, 6.07) is 20.9. The molecule has 0 bridgehead atoms. The van der Waals surface area contributed by atoms with Crippen LogP contribution >= 0.6 is 11.6 Å². The summed E-state index contributed by atoms with van der Waals surface area (Å²) in [4.78, 5) is 28.5. The lowest BCUT2D eigenvalue weighted by Gasteiger charge is -2.32. The Labute approximate surface area is 266 Å². The lowest BCUT2D eigenvalue weighted by atomic mass is 9.80. The predicted molar refractivity (Wildman–Crippen MR) is 176 cm³/mol. The van der Waals surface area contributed by atoms with E-state index in [2.05, 4.69) is 5.32 Å². The zero-order valence-electron chi connectivity index (χ0n) is 26.6. The molecule has 0 saturated heterocycles. The number of nitrogens with zero attached hydrogens (tertiary/aromatic N) is 2. The number of hydrogen-bond acceptors (Lipinski definition) is 6. The molecule has 238 valence electrons. The standard InChI is InChI=1S/C35H46ClN3O5/c1-6-39(33(40)27-18-16-26(17-19-27)25-37-2)23-8-7-20-35(42,21-11-22-38(3)34(41)44-5)30-14-10-15-31(36)32(30)28-12-9-13-29(24-28)43-4/h9-10,12-19,24,37,42H,6-8,11,20-23,25H2,1-5H3/t35-/m1/s1. The average Bonchev–Trinajstić information content (AvgIpc) is 3.04. The second kappa shape index (κ2) is 17.0. The summed E-state index contributed by atoms with van der Waals surface area (Å²) in [6.45, 7) is 4.33. The first-order chi connectivity index (χ1) is 21.2. The van der Waals surface area contributed by atoms with Crippen LogP contribution in [0.25, 0.3) is 11.1 Å². The van der Waals surface area contributed by atoms with E-state index in [0.29, 0.717) is 61.7 Å². The first-order valence-corrected chi connectivity index (χ1v) is 15.5. The van der Waals surface area contributed by atoms with Crippen LogP contribution in [0.2, 0.25) is 5.02 Å². The number of unbranched alkanes of at least 4 members (excludes halogenated alkanes) is 1. The summed E-state index contributed by atoms with van der Waals surface area (Å²) in [6.07, 6.45) is 2.39. The van der Waals surface area contributed by atoms with Gasteiger partial charge in [-0.3, -0.25) is 4.79 Å². The summed E-state index contributed by atoms with van der Waals surface area (Å²) >= 11 is 6.78. The summed E-state index contributed by atoms with van der Waals surface area (Å²) in [7, 11) is 6.54. The third kappa shape index (κ3) is 9.21. The third-order valence-electron chi connectivity index (χ3n) is 7.96. The molecule has 0 unspecified atom stereocenters. The largest absolute Gasteiger partial charge is 0.497 e. The lowest BCUT2D eigenvalue weighted by molar-refractivity contribution is 0.0120. The lowest BCUT2D eigenvalue weighted by Crippen LogP contribution is -2.33. The molecule has 8 nitrogen and oxygen atoms in total. The van der Waals surface area contributed by atoms with Gasteiger partial charge in [0.1, 0.15) is 5.75 Å². The number of rotatable bonds is 16. The molecule has 0 fully saturated rings. The van der Waals surface area contributed by atoms with E-state index >= 15 is 0 Å². The number of nitrogens with one attached hydrogen (secondary N) is 1. The van der Waals surface area contributed by atoms with Gasteiger partial charge in [-0.25, -0.2) is 4.79 Å². The highest BCUT2D eigenvalue weighted by molar-refractivity contribution is 6.33. The van der Waals surface area contributed by atoms with E-state index in [1.807, 2.05) is 85.6 Å². The van der Waals surface area contributed by atoms with Crippen molar-refractivity contribution in [1.29, 1.82) is 0 Å². The van der Waals surface area contributed by atoms with Gasteiger partial charge in [0.05, 0.1) is 19.8 Å². The molecular weight excluding hydrogens is 578 g/mol. The maximum absolute atomic E-state index is 13.2. The molecule has 3 aromatic rings. The van der Waals surface area contributed by atoms with Crippen LogP contribution in [0.3, 0.4) is 0 Å². The van der Waals surface area contributed by atoms with E-state index in [1.165, 1.54) is 12.0 Å². The van der Waals surface area contributed by atoms with Crippen molar-refractivity contribution in [2.45, 2.75) is 51.2 Å². The minimum absolute atomic E-state index is 0.000214. The second-order valence-electron chi connectivity index (χ2n) is 11.0. The number of carbonyl (C=O) groups is 2. The fourth-order valence-corrected chi connectivity index (χ4v) is 5.79. The topological polar surface area (TPSA) is 91.3 Å².